The van der Waals surface area contributed by atoms with Crippen molar-refractivity contribution in [2.24, 2.45) is 0 Å². The quantitative estimate of drug-likeness (QED) is 0.488. The summed E-state index contributed by atoms with van der Waals surface area (Å²) in [7, 11) is 0. The molecule has 3 rings (SSSR count). The Balaban J connectivity index is 1.85. The summed E-state index contributed by atoms with van der Waals surface area (Å²) in [5.41, 5.74) is 1.81. The molecule has 0 spiro atoms. The molecule has 0 fully saturated rings. The van der Waals surface area contributed by atoms with Crippen LogP contribution in [0.3, 0.4) is 0 Å². The molecule has 3 aromatic rings. The number of para-hydroxylation sites is 1. The van der Waals surface area contributed by atoms with Crippen molar-refractivity contribution in [1.29, 1.82) is 0 Å². The van der Waals surface area contributed by atoms with Gasteiger partial charge in [0.15, 0.2) is 6.23 Å². The summed E-state index contributed by atoms with van der Waals surface area (Å²) >= 11 is 0. The fourth-order valence-electron chi connectivity index (χ4n) is 2.95. The number of amides is 1. The van der Waals surface area contributed by atoms with Crippen LogP contribution in [0.25, 0.3) is 10.9 Å². The fraction of sp³-hybridized carbons (Fsp3) is 0.318. The molecule has 6 heteroatoms. The van der Waals surface area contributed by atoms with Crippen LogP contribution in [0.1, 0.15) is 38.1 Å². The first-order valence-corrected chi connectivity index (χ1v) is 9.33. The van der Waals surface area contributed by atoms with Gasteiger partial charge < -0.3 is 20.1 Å². The maximum Gasteiger partial charge on any atom is 0.259 e. The Kier molecular flexibility index (Phi) is 5.72. The minimum atomic E-state index is -0.760. The molecule has 0 aliphatic carbocycles. The SMILES string of the molecule is CC(O)C(NC(C)(C)C)Oc1ccccc1C(=O)Nc1cccc2[nH]ccc12. The number of hydrogen-bond donors (Lipinski definition) is 4. The van der Waals surface area contributed by atoms with Crippen LogP contribution in [0.4, 0.5) is 5.69 Å². The van der Waals surface area contributed by atoms with Gasteiger partial charge in [0.1, 0.15) is 11.9 Å². The number of aliphatic hydroxyl groups excluding tert-OH is 1. The lowest BCUT2D eigenvalue weighted by Crippen LogP contribution is -2.51. The molecule has 2 unspecified atom stereocenters. The zero-order valence-corrected chi connectivity index (χ0v) is 16.6. The molecule has 0 bridgehead atoms. The summed E-state index contributed by atoms with van der Waals surface area (Å²) in [5, 5.41) is 17.2. The highest BCUT2D eigenvalue weighted by Crippen LogP contribution is 2.25. The summed E-state index contributed by atoms with van der Waals surface area (Å²) in [6.45, 7) is 7.62. The summed E-state index contributed by atoms with van der Waals surface area (Å²) in [5.74, 6) is 0.133. The summed E-state index contributed by atoms with van der Waals surface area (Å²) < 4.78 is 5.99. The molecule has 2 atom stereocenters. The van der Waals surface area contributed by atoms with Crippen molar-refractivity contribution in [3.63, 3.8) is 0 Å². The minimum absolute atomic E-state index is 0.261. The number of carbonyl (C=O) groups excluding carboxylic acids is 1. The second kappa shape index (κ2) is 8.04. The van der Waals surface area contributed by atoms with Gasteiger partial charge in [0, 0.05) is 22.6 Å². The number of anilines is 1. The molecule has 0 saturated heterocycles. The Morgan fingerprint density at radius 3 is 2.57 bits per heavy atom. The van der Waals surface area contributed by atoms with E-state index in [0.717, 1.165) is 16.6 Å². The third-order valence-corrected chi connectivity index (χ3v) is 4.24. The van der Waals surface area contributed by atoms with E-state index in [2.05, 4.69) is 15.6 Å². The molecule has 0 aliphatic heterocycles. The Morgan fingerprint density at radius 2 is 1.86 bits per heavy atom. The first-order valence-electron chi connectivity index (χ1n) is 9.33. The lowest BCUT2D eigenvalue weighted by atomic mass is 10.1. The van der Waals surface area contributed by atoms with E-state index in [0.29, 0.717) is 11.3 Å². The zero-order chi connectivity index (χ0) is 20.3. The van der Waals surface area contributed by atoms with Gasteiger partial charge in [0.2, 0.25) is 0 Å². The number of aliphatic hydroxyl groups is 1. The number of hydrogen-bond acceptors (Lipinski definition) is 4. The van der Waals surface area contributed by atoms with Crippen molar-refractivity contribution in [1.82, 2.24) is 10.3 Å². The van der Waals surface area contributed by atoms with Gasteiger partial charge in [-0.05, 0) is 58.0 Å². The van der Waals surface area contributed by atoms with Crippen LogP contribution in [-0.4, -0.2) is 33.9 Å². The highest BCUT2D eigenvalue weighted by molar-refractivity contribution is 6.10. The van der Waals surface area contributed by atoms with Crippen molar-refractivity contribution in [2.75, 3.05) is 5.32 Å². The van der Waals surface area contributed by atoms with E-state index in [1.165, 1.54) is 0 Å². The Morgan fingerprint density at radius 1 is 1.11 bits per heavy atom. The van der Waals surface area contributed by atoms with Gasteiger partial charge >= 0.3 is 0 Å². The van der Waals surface area contributed by atoms with Gasteiger partial charge in [-0.3, -0.25) is 10.1 Å². The van der Waals surface area contributed by atoms with Crippen LogP contribution in [-0.2, 0) is 0 Å². The Bertz CT molecular complexity index is 957. The summed E-state index contributed by atoms with van der Waals surface area (Å²) in [6, 6.07) is 14.6. The summed E-state index contributed by atoms with van der Waals surface area (Å²) in [6.07, 6.45) is 0.425. The van der Waals surface area contributed by atoms with E-state index in [-0.39, 0.29) is 11.4 Å². The molecule has 2 aromatic carbocycles. The van der Waals surface area contributed by atoms with Gasteiger partial charge in [-0.2, -0.15) is 0 Å². The lowest BCUT2D eigenvalue weighted by molar-refractivity contribution is 0.0108. The number of fused-ring (bicyclic) bond motifs is 1. The van der Waals surface area contributed by atoms with E-state index in [1.54, 1.807) is 31.2 Å². The molecule has 0 aliphatic rings. The molecular formula is C22H27N3O3. The van der Waals surface area contributed by atoms with Crippen LogP contribution in [0.15, 0.2) is 54.7 Å². The molecule has 28 heavy (non-hydrogen) atoms. The second-order valence-corrected chi connectivity index (χ2v) is 7.87. The smallest absolute Gasteiger partial charge is 0.259 e. The number of carbonyl (C=O) groups is 1. The average molecular weight is 381 g/mol. The molecular weight excluding hydrogens is 354 g/mol. The monoisotopic (exact) mass is 381 g/mol. The van der Waals surface area contributed by atoms with Crippen molar-refractivity contribution in [2.45, 2.75) is 45.6 Å². The summed E-state index contributed by atoms with van der Waals surface area (Å²) in [4.78, 5) is 16.1. The Hall–Kier alpha value is -2.83. The predicted molar refractivity (Wildman–Crippen MR) is 112 cm³/mol. The van der Waals surface area contributed by atoms with E-state index < -0.39 is 12.3 Å². The fourth-order valence-corrected chi connectivity index (χ4v) is 2.95. The predicted octanol–water partition coefficient (Wildman–Crippen LogP) is 3.89. The molecule has 4 N–H and O–H groups in total. The second-order valence-electron chi connectivity index (χ2n) is 7.87. The van der Waals surface area contributed by atoms with E-state index in [1.807, 2.05) is 51.2 Å². The molecule has 148 valence electrons. The van der Waals surface area contributed by atoms with E-state index in [9.17, 15) is 9.90 Å². The van der Waals surface area contributed by atoms with Gasteiger partial charge in [0.25, 0.3) is 5.91 Å². The average Bonchev–Trinajstić information content (AvgIpc) is 3.10. The molecule has 1 heterocycles. The van der Waals surface area contributed by atoms with Crippen LogP contribution in [0.5, 0.6) is 5.75 Å². The first-order chi connectivity index (χ1) is 13.2. The third kappa shape index (κ3) is 4.71. The molecule has 0 radical (unpaired) electrons. The molecule has 1 amide bonds. The van der Waals surface area contributed by atoms with Gasteiger partial charge in [-0.25, -0.2) is 0 Å². The normalized spacial score (nSPS) is 13.9. The highest BCUT2D eigenvalue weighted by atomic mass is 16.5. The lowest BCUT2D eigenvalue weighted by Gasteiger charge is -2.31. The van der Waals surface area contributed by atoms with Gasteiger partial charge in [0.05, 0.1) is 11.3 Å². The van der Waals surface area contributed by atoms with Crippen molar-refractivity contribution >= 4 is 22.5 Å². The maximum atomic E-state index is 13.0. The van der Waals surface area contributed by atoms with E-state index in [4.69, 9.17) is 4.74 Å². The number of rotatable bonds is 6. The number of aromatic amines is 1. The minimum Gasteiger partial charge on any atom is -0.472 e. The zero-order valence-electron chi connectivity index (χ0n) is 16.6. The van der Waals surface area contributed by atoms with Crippen molar-refractivity contribution in [3.8, 4) is 5.75 Å². The van der Waals surface area contributed by atoms with Gasteiger partial charge in [-0.15, -0.1) is 0 Å². The first kappa shape index (κ1) is 19.9. The third-order valence-electron chi connectivity index (χ3n) is 4.24. The number of nitrogens with one attached hydrogen (secondary N) is 3. The molecule has 6 nitrogen and oxygen atoms in total. The number of ether oxygens (including phenoxy) is 1. The van der Waals surface area contributed by atoms with Gasteiger partial charge in [-0.1, -0.05) is 18.2 Å². The topological polar surface area (TPSA) is 86.4 Å². The number of benzene rings is 2. The standard InChI is InChI=1S/C22H27N3O3/c1-14(26)21(25-22(2,3)4)28-19-11-6-5-8-16(19)20(27)24-18-10-7-9-17-15(18)12-13-23-17/h5-14,21,23,25-26H,1-4H3,(H,24,27). The number of H-pyrrole nitrogens is 1. The number of aromatic nitrogens is 1. The largest absolute Gasteiger partial charge is 0.472 e. The van der Waals surface area contributed by atoms with Crippen LogP contribution in [0.2, 0.25) is 0 Å². The highest BCUT2D eigenvalue weighted by Gasteiger charge is 2.25. The van der Waals surface area contributed by atoms with Crippen LogP contribution < -0.4 is 15.4 Å². The molecule has 1 aromatic heterocycles. The van der Waals surface area contributed by atoms with Crippen molar-refractivity contribution in [3.05, 3.63) is 60.3 Å². The van der Waals surface area contributed by atoms with Crippen LogP contribution >= 0.6 is 0 Å². The van der Waals surface area contributed by atoms with E-state index >= 15 is 0 Å². The maximum absolute atomic E-state index is 13.0. The Labute approximate surface area is 164 Å². The van der Waals surface area contributed by atoms with Crippen LogP contribution in [0, 0.1) is 0 Å². The molecule has 0 saturated carbocycles. The van der Waals surface area contributed by atoms with Crippen molar-refractivity contribution < 1.29 is 14.6 Å².